The maximum atomic E-state index is 12.5. The van der Waals surface area contributed by atoms with Gasteiger partial charge < -0.3 is 24.8 Å². The van der Waals surface area contributed by atoms with Gasteiger partial charge in [-0.15, -0.1) is 0 Å². The molecule has 0 fully saturated rings. The van der Waals surface area contributed by atoms with Crippen molar-refractivity contribution in [3.8, 4) is 5.75 Å². The predicted molar refractivity (Wildman–Crippen MR) is 81.7 cm³/mol. The van der Waals surface area contributed by atoms with E-state index in [4.69, 9.17) is 19.9 Å². The first kappa shape index (κ1) is 17.3. The molecule has 0 spiro atoms. The summed E-state index contributed by atoms with van der Waals surface area (Å²) in [4.78, 5) is 14.3. The van der Waals surface area contributed by atoms with Crippen molar-refractivity contribution in [2.75, 3.05) is 53.4 Å². The Bertz CT molecular complexity index is 451. The van der Waals surface area contributed by atoms with Gasteiger partial charge >= 0.3 is 0 Å². The molecule has 0 radical (unpaired) electrons. The highest BCUT2D eigenvalue weighted by Gasteiger charge is 2.16. The lowest BCUT2D eigenvalue weighted by molar-refractivity contribution is 0.0674. The number of nitrogens with two attached hydrogens (primary N) is 1. The maximum Gasteiger partial charge on any atom is 0.254 e. The van der Waals surface area contributed by atoms with Crippen LogP contribution in [0.3, 0.4) is 0 Å². The molecule has 2 N–H and O–H groups in total. The first-order valence-electron chi connectivity index (χ1n) is 6.84. The molecule has 1 rings (SSSR count). The third kappa shape index (κ3) is 5.24. The normalized spacial score (nSPS) is 10.4. The summed E-state index contributed by atoms with van der Waals surface area (Å²) in [5.74, 6) is 0.492. The largest absolute Gasteiger partial charge is 0.495 e. The molecule has 0 aromatic heterocycles. The number of methoxy groups -OCH3 is 3. The minimum Gasteiger partial charge on any atom is -0.495 e. The van der Waals surface area contributed by atoms with Gasteiger partial charge in [0.25, 0.3) is 5.91 Å². The Balaban J connectivity index is 2.80. The molecule has 0 heterocycles. The van der Waals surface area contributed by atoms with Crippen molar-refractivity contribution in [2.24, 2.45) is 0 Å². The molecule has 6 nitrogen and oxygen atoms in total. The first-order chi connectivity index (χ1) is 10.1. The molecule has 118 valence electrons. The monoisotopic (exact) mass is 296 g/mol. The fourth-order valence-electron chi connectivity index (χ4n) is 1.97. The van der Waals surface area contributed by atoms with Crippen LogP contribution in [0, 0.1) is 0 Å². The molecule has 6 heteroatoms. The van der Waals surface area contributed by atoms with Crippen LogP contribution in [0.25, 0.3) is 0 Å². The molecule has 1 amide bonds. The van der Waals surface area contributed by atoms with Gasteiger partial charge in [-0.05, 0) is 24.6 Å². The van der Waals surface area contributed by atoms with E-state index in [9.17, 15) is 4.79 Å². The Morgan fingerprint density at radius 1 is 1.14 bits per heavy atom. The Hall–Kier alpha value is -1.79. The molecular weight excluding hydrogens is 272 g/mol. The number of carbonyl (C=O) groups is 1. The molecule has 0 saturated carbocycles. The van der Waals surface area contributed by atoms with Crippen LogP contribution in [0.15, 0.2) is 18.2 Å². The van der Waals surface area contributed by atoms with Crippen molar-refractivity contribution in [3.05, 3.63) is 23.8 Å². The maximum absolute atomic E-state index is 12.5. The van der Waals surface area contributed by atoms with E-state index >= 15 is 0 Å². The molecule has 0 bridgehead atoms. The average molecular weight is 296 g/mol. The number of rotatable bonds is 9. The number of nitrogens with zero attached hydrogens (tertiary/aromatic N) is 1. The minimum absolute atomic E-state index is 0.0718. The summed E-state index contributed by atoms with van der Waals surface area (Å²) < 4.78 is 15.2. The number of ether oxygens (including phenoxy) is 3. The van der Waals surface area contributed by atoms with Crippen molar-refractivity contribution < 1.29 is 19.0 Å². The molecule has 0 unspecified atom stereocenters. The van der Waals surface area contributed by atoms with Crippen LogP contribution < -0.4 is 10.5 Å². The highest BCUT2D eigenvalue weighted by molar-refractivity contribution is 5.95. The molecule has 0 aliphatic rings. The lowest BCUT2D eigenvalue weighted by Gasteiger charge is -2.22. The molecule has 0 atom stereocenters. The molecular formula is C15H24N2O4. The summed E-state index contributed by atoms with van der Waals surface area (Å²) in [6.45, 7) is 2.25. The number of hydrogen-bond donors (Lipinski definition) is 1. The van der Waals surface area contributed by atoms with E-state index in [1.807, 2.05) is 0 Å². The van der Waals surface area contributed by atoms with Crippen molar-refractivity contribution in [1.29, 1.82) is 0 Å². The van der Waals surface area contributed by atoms with Crippen LogP contribution in [-0.4, -0.2) is 58.4 Å². The van der Waals surface area contributed by atoms with Crippen LogP contribution in [0.2, 0.25) is 0 Å². The Kier molecular flexibility index (Phi) is 7.56. The van der Waals surface area contributed by atoms with E-state index in [0.717, 1.165) is 6.42 Å². The van der Waals surface area contributed by atoms with Gasteiger partial charge in [0.15, 0.2) is 0 Å². The van der Waals surface area contributed by atoms with Crippen molar-refractivity contribution in [3.63, 3.8) is 0 Å². The van der Waals surface area contributed by atoms with Crippen LogP contribution in [0.5, 0.6) is 5.75 Å². The molecule has 0 saturated heterocycles. The van der Waals surface area contributed by atoms with E-state index in [2.05, 4.69) is 0 Å². The Morgan fingerprint density at radius 2 is 1.86 bits per heavy atom. The quantitative estimate of drug-likeness (QED) is 0.551. The third-order valence-electron chi connectivity index (χ3n) is 3.11. The predicted octanol–water partition coefficient (Wildman–Crippen LogP) is 1.40. The van der Waals surface area contributed by atoms with E-state index in [0.29, 0.717) is 43.3 Å². The molecule has 0 aliphatic carbocycles. The van der Waals surface area contributed by atoms with Crippen LogP contribution in [0.4, 0.5) is 5.69 Å². The standard InChI is InChI=1S/C15H24N2O4/c1-19-9-4-7-17(8-10-20-2)15(18)12-5-6-14(21-3)13(16)11-12/h5-6,11H,4,7-10,16H2,1-3H3. The first-order valence-corrected chi connectivity index (χ1v) is 6.84. The lowest BCUT2D eigenvalue weighted by Crippen LogP contribution is -2.35. The highest BCUT2D eigenvalue weighted by Crippen LogP contribution is 2.22. The summed E-state index contributed by atoms with van der Waals surface area (Å²) in [6, 6.07) is 5.05. The number of carbonyl (C=O) groups excluding carboxylic acids is 1. The molecule has 21 heavy (non-hydrogen) atoms. The topological polar surface area (TPSA) is 74.0 Å². The fourth-order valence-corrected chi connectivity index (χ4v) is 1.97. The van der Waals surface area contributed by atoms with Crippen molar-refractivity contribution in [2.45, 2.75) is 6.42 Å². The summed E-state index contributed by atoms with van der Waals surface area (Å²) >= 11 is 0. The number of anilines is 1. The fraction of sp³-hybridized carbons (Fsp3) is 0.533. The minimum atomic E-state index is -0.0718. The number of hydrogen-bond acceptors (Lipinski definition) is 5. The van der Waals surface area contributed by atoms with Gasteiger partial charge in [-0.1, -0.05) is 0 Å². The zero-order valence-corrected chi connectivity index (χ0v) is 12.9. The van der Waals surface area contributed by atoms with E-state index in [1.54, 1.807) is 44.4 Å². The van der Waals surface area contributed by atoms with Crippen molar-refractivity contribution >= 4 is 11.6 Å². The summed E-state index contributed by atoms with van der Waals surface area (Å²) in [5.41, 5.74) is 6.85. The van der Waals surface area contributed by atoms with Crippen LogP contribution in [0.1, 0.15) is 16.8 Å². The summed E-state index contributed by atoms with van der Waals surface area (Å²) in [5, 5.41) is 0. The second kappa shape index (κ2) is 9.20. The third-order valence-corrected chi connectivity index (χ3v) is 3.11. The molecule has 0 aliphatic heterocycles. The van der Waals surface area contributed by atoms with Gasteiger partial charge in [0.2, 0.25) is 0 Å². The Morgan fingerprint density at radius 3 is 2.43 bits per heavy atom. The number of amides is 1. The second-order valence-electron chi connectivity index (χ2n) is 4.59. The van der Waals surface area contributed by atoms with E-state index < -0.39 is 0 Å². The van der Waals surface area contributed by atoms with Crippen molar-refractivity contribution in [1.82, 2.24) is 4.90 Å². The van der Waals surface area contributed by atoms with E-state index in [-0.39, 0.29) is 5.91 Å². The molecule has 1 aromatic carbocycles. The SMILES string of the molecule is COCCCN(CCOC)C(=O)c1ccc(OC)c(N)c1. The smallest absolute Gasteiger partial charge is 0.254 e. The molecule has 1 aromatic rings. The second-order valence-corrected chi connectivity index (χ2v) is 4.59. The zero-order valence-electron chi connectivity index (χ0n) is 12.9. The van der Waals surface area contributed by atoms with Gasteiger partial charge in [-0.2, -0.15) is 0 Å². The van der Waals surface area contributed by atoms with Gasteiger partial charge in [-0.3, -0.25) is 4.79 Å². The summed E-state index contributed by atoms with van der Waals surface area (Å²) in [6.07, 6.45) is 0.775. The zero-order chi connectivity index (χ0) is 15.7. The van der Waals surface area contributed by atoms with Gasteiger partial charge in [0.1, 0.15) is 5.75 Å². The van der Waals surface area contributed by atoms with Gasteiger partial charge in [0.05, 0.1) is 19.4 Å². The lowest BCUT2D eigenvalue weighted by atomic mass is 10.1. The highest BCUT2D eigenvalue weighted by atomic mass is 16.5. The van der Waals surface area contributed by atoms with Crippen LogP contribution >= 0.6 is 0 Å². The van der Waals surface area contributed by atoms with Gasteiger partial charge in [0, 0.05) is 39.5 Å². The number of nitrogen functional groups attached to an aromatic ring is 1. The van der Waals surface area contributed by atoms with E-state index in [1.165, 1.54) is 0 Å². The summed E-state index contributed by atoms with van der Waals surface area (Å²) in [7, 11) is 4.80. The average Bonchev–Trinajstić information content (AvgIpc) is 2.50. The van der Waals surface area contributed by atoms with Crippen LogP contribution in [-0.2, 0) is 9.47 Å². The number of benzene rings is 1. The Labute approximate surface area is 125 Å². The van der Waals surface area contributed by atoms with Gasteiger partial charge in [-0.25, -0.2) is 0 Å².